The first-order valence-electron chi connectivity index (χ1n) is 9.00. The second-order valence-electron chi connectivity index (χ2n) is 6.37. The van der Waals surface area contributed by atoms with Gasteiger partial charge in [0, 0.05) is 38.0 Å². The molecule has 2 aromatic heterocycles. The van der Waals surface area contributed by atoms with E-state index in [1.54, 1.807) is 6.20 Å². The lowest BCUT2D eigenvalue weighted by Gasteiger charge is -2.09. The lowest BCUT2D eigenvalue weighted by Crippen LogP contribution is -2.29. The van der Waals surface area contributed by atoms with E-state index in [1.165, 1.54) is 17.5 Å². The highest BCUT2D eigenvalue weighted by Crippen LogP contribution is 2.10. The zero-order chi connectivity index (χ0) is 19.1. The van der Waals surface area contributed by atoms with Crippen LogP contribution in [-0.4, -0.2) is 38.5 Å². The summed E-state index contributed by atoms with van der Waals surface area (Å²) in [6.45, 7) is 5.11. The molecule has 3 rings (SSSR count). The van der Waals surface area contributed by atoms with Crippen LogP contribution >= 0.6 is 0 Å². The summed E-state index contributed by atoms with van der Waals surface area (Å²) in [5.74, 6) is 2.38. The normalized spacial score (nSPS) is 10.6. The highest BCUT2D eigenvalue weighted by Gasteiger charge is 2.05. The minimum Gasteiger partial charge on any atom is -0.368 e. The van der Waals surface area contributed by atoms with Crippen LogP contribution in [0.1, 0.15) is 23.4 Å². The second kappa shape index (κ2) is 8.93. The number of hydrogen-bond acceptors (Lipinski definition) is 5. The standard InChI is InChI=1S/C20H24N6O/c1-15-4-3-5-17(12-15)6-7-20(27)23-9-8-22-18-13-19(25-14-24-18)26-11-10-21-16(26)2/h3-5,10-14H,6-9H2,1-2H3,(H,23,27)(H,22,24,25). The smallest absolute Gasteiger partial charge is 0.220 e. The Kier molecular flexibility index (Phi) is 6.14. The molecule has 0 unspecified atom stereocenters. The van der Waals surface area contributed by atoms with Gasteiger partial charge < -0.3 is 10.6 Å². The molecule has 3 aromatic rings. The fourth-order valence-corrected chi connectivity index (χ4v) is 2.80. The first kappa shape index (κ1) is 18.6. The monoisotopic (exact) mass is 364 g/mol. The average molecular weight is 364 g/mol. The number of carbonyl (C=O) groups is 1. The highest BCUT2D eigenvalue weighted by atomic mass is 16.1. The topological polar surface area (TPSA) is 84.7 Å². The van der Waals surface area contributed by atoms with Gasteiger partial charge in [0.25, 0.3) is 0 Å². The van der Waals surface area contributed by atoms with Crippen molar-refractivity contribution in [2.24, 2.45) is 0 Å². The molecule has 7 heteroatoms. The van der Waals surface area contributed by atoms with Crippen LogP contribution in [0.25, 0.3) is 5.82 Å². The Bertz CT molecular complexity index is 905. The predicted molar refractivity (Wildman–Crippen MR) is 105 cm³/mol. The number of hydrogen-bond donors (Lipinski definition) is 2. The Morgan fingerprint density at radius 1 is 1.11 bits per heavy atom. The Morgan fingerprint density at radius 3 is 2.78 bits per heavy atom. The fourth-order valence-electron chi connectivity index (χ4n) is 2.80. The van der Waals surface area contributed by atoms with Crippen molar-refractivity contribution < 1.29 is 4.79 Å². The Balaban J connectivity index is 1.41. The summed E-state index contributed by atoms with van der Waals surface area (Å²) in [4.78, 5) is 24.7. The van der Waals surface area contributed by atoms with Crippen molar-refractivity contribution in [3.05, 3.63) is 66.0 Å². The number of imidazole rings is 1. The summed E-state index contributed by atoms with van der Waals surface area (Å²) in [5.41, 5.74) is 2.40. The summed E-state index contributed by atoms with van der Waals surface area (Å²) in [6.07, 6.45) is 6.34. The van der Waals surface area contributed by atoms with E-state index in [1.807, 2.05) is 29.8 Å². The lowest BCUT2D eigenvalue weighted by molar-refractivity contribution is -0.120. The number of nitrogens with one attached hydrogen (secondary N) is 2. The number of aromatic nitrogens is 4. The number of anilines is 1. The SMILES string of the molecule is Cc1cccc(CCC(=O)NCCNc2cc(-n3ccnc3C)ncn2)c1. The third kappa shape index (κ3) is 5.37. The molecular weight excluding hydrogens is 340 g/mol. The molecule has 1 amide bonds. The fraction of sp³-hybridized carbons (Fsp3) is 0.300. The quantitative estimate of drug-likeness (QED) is 0.600. The molecule has 2 N–H and O–H groups in total. The predicted octanol–water partition coefficient (Wildman–Crippen LogP) is 2.44. The van der Waals surface area contributed by atoms with Gasteiger partial charge in [-0.2, -0.15) is 0 Å². The van der Waals surface area contributed by atoms with Gasteiger partial charge in [-0.1, -0.05) is 29.8 Å². The van der Waals surface area contributed by atoms with Crippen LogP contribution in [0.3, 0.4) is 0 Å². The Hall–Kier alpha value is -3.22. The molecule has 0 aliphatic carbocycles. The number of nitrogens with zero attached hydrogens (tertiary/aromatic N) is 4. The summed E-state index contributed by atoms with van der Waals surface area (Å²) in [7, 11) is 0. The number of benzene rings is 1. The van der Waals surface area contributed by atoms with Gasteiger partial charge >= 0.3 is 0 Å². The van der Waals surface area contributed by atoms with Gasteiger partial charge in [-0.05, 0) is 25.8 Å². The molecule has 1 aromatic carbocycles. The molecule has 2 heterocycles. The maximum absolute atomic E-state index is 12.0. The molecule has 0 aliphatic rings. The third-order valence-electron chi connectivity index (χ3n) is 4.20. The Morgan fingerprint density at radius 2 is 2.00 bits per heavy atom. The van der Waals surface area contributed by atoms with Gasteiger partial charge in [0.15, 0.2) is 0 Å². The molecule has 0 bridgehead atoms. The first-order chi connectivity index (χ1) is 13.1. The summed E-state index contributed by atoms with van der Waals surface area (Å²) in [6, 6.07) is 10.1. The number of rotatable bonds is 8. The average Bonchev–Trinajstić information content (AvgIpc) is 3.10. The van der Waals surface area contributed by atoms with Gasteiger partial charge in [0.2, 0.25) is 5.91 Å². The van der Waals surface area contributed by atoms with Gasteiger partial charge in [-0.25, -0.2) is 15.0 Å². The molecule has 0 spiro atoms. The highest BCUT2D eigenvalue weighted by molar-refractivity contribution is 5.76. The van der Waals surface area contributed by atoms with Crippen molar-refractivity contribution in [3.8, 4) is 5.82 Å². The van der Waals surface area contributed by atoms with Crippen molar-refractivity contribution in [1.82, 2.24) is 24.8 Å². The maximum Gasteiger partial charge on any atom is 0.220 e. The van der Waals surface area contributed by atoms with Crippen LogP contribution in [-0.2, 0) is 11.2 Å². The van der Waals surface area contributed by atoms with E-state index < -0.39 is 0 Å². The lowest BCUT2D eigenvalue weighted by atomic mass is 10.1. The van der Waals surface area contributed by atoms with Crippen molar-refractivity contribution >= 4 is 11.7 Å². The number of aryl methyl sites for hydroxylation is 3. The summed E-state index contributed by atoms with van der Waals surface area (Å²) < 4.78 is 1.89. The van der Waals surface area contributed by atoms with E-state index >= 15 is 0 Å². The van der Waals surface area contributed by atoms with Crippen molar-refractivity contribution in [1.29, 1.82) is 0 Å². The van der Waals surface area contributed by atoms with E-state index in [4.69, 9.17) is 0 Å². The van der Waals surface area contributed by atoms with E-state index in [0.717, 1.165) is 18.1 Å². The van der Waals surface area contributed by atoms with E-state index in [0.29, 0.717) is 25.3 Å². The molecule has 0 radical (unpaired) electrons. The van der Waals surface area contributed by atoms with Crippen LogP contribution < -0.4 is 10.6 Å². The van der Waals surface area contributed by atoms with Crippen LogP contribution in [0.2, 0.25) is 0 Å². The maximum atomic E-state index is 12.0. The van der Waals surface area contributed by atoms with Gasteiger partial charge in [-0.15, -0.1) is 0 Å². The van der Waals surface area contributed by atoms with Gasteiger partial charge in [0.1, 0.15) is 23.8 Å². The third-order valence-corrected chi connectivity index (χ3v) is 4.20. The molecule has 7 nitrogen and oxygen atoms in total. The second-order valence-corrected chi connectivity index (χ2v) is 6.37. The van der Waals surface area contributed by atoms with Crippen molar-refractivity contribution in [2.45, 2.75) is 26.7 Å². The zero-order valence-electron chi connectivity index (χ0n) is 15.6. The number of carbonyl (C=O) groups excluding carboxylic acids is 1. The van der Waals surface area contributed by atoms with Crippen LogP contribution in [0.5, 0.6) is 0 Å². The van der Waals surface area contributed by atoms with E-state index in [-0.39, 0.29) is 5.91 Å². The minimum atomic E-state index is 0.0516. The largest absolute Gasteiger partial charge is 0.368 e. The first-order valence-corrected chi connectivity index (χ1v) is 9.00. The van der Waals surface area contributed by atoms with E-state index in [9.17, 15) is 4.79 Å². The molecule has 0 saturated heterocycles. The summed E-state index contributed by atoms with van der Waals surface area (Å²) in [5, 5.41) is 6.13. The van der Waals surface area contributed by atoms with Gasteiger partial charge in [-0.3, -0.25) is 9.36 Å². The van der Waals surface area contributed by atoms with Gasteiger partial charge in [0.05, 0.1) is 0 Å². The van der Waals surface area contributed by atoms with Crippen molar-refractivity contribution in [2.75, 3.05) is 18.4 Å². The van der Waals surface area contributed by atoms with Crippen LogP contribution in [0.15, 0.2) is 49.1 Å². The molecule has 0 saturated carbocycles. The molecule has 0 atom stereocenters. The molecule has 0 aliphatic heterocycles. The van der Waals surface area contributed by atoms with Crippen LogP contribution in [0, 0.1) is 13.8 Å². The van der Waals surface area contributed by atoms with Crippen LogP contribution in [0.4, 0.5) is 5.82 Å². The zero-order valence-corrected chi connectivity index (χ0v) is 15.6. The van der Waals surface area contributed by atoms with E-state index in [2.05, 4.69) is 50.7 Å². The molecule has 0 fully saturated rings. The summed E-state index contributed by atoms with van der Waals surface area (Å²) >= 11 is 0. The molecule has 140 valence electrons. The van der Waals surface area contributed by atoms with Crippen molar-refractivity contribution in [3.63, 3.8) is 0 Å². The number of amides is 1. The minimum absolute atomic E-state index is 0.0516. The Labute approximate surface area is 158 Å². The molecule has 27 heavy (non-hydrogen) atoms. The molecular formula is C20H24N6O.